The molecule has 2 heteroatoms. The van der Waals surface area contributed by atoms with E-state index >= 15 is 0 Å². The lowest BCUT2D eigenvalue weighted by Gasteiger charge is -2.10. The number of unbranched alkanes of at least 4 members (excludes halogenated alkanes) is 1. The van der Waals surface area contributed by atoms with E-state index in [1.54, 1.807) is 6.92 Å². The van der Waals surface area contributed by atoms with Crippen LogP contribution < -0.4 is 5.32 Å². The van der Waals surface area contributed by atoms with Crippen LogP contribution in [-0.2, 0) is 4.79 Å². The van der Waals surface area contributed by atoms with Crippen LogP contribution in [0.4, 0.5) is 0 Å². The molecule has 0 aliphatic heterocycles. The van der Waals surface area contributed by atoms with Gasteiger partial charge in [-0.1, -0.05) is 40.5 Å². The van der Waals surface area contributed by atoms with Gasteiger partial charge in [-0.3, -0.25) is 4.79 Å². The van der Waals surface area contributed by atoms with Crippen molar-refractivity contribution in [2.75, 3.05) is 6.54 Å². The van der Waals surface area contributed by atoms with E-state index in [2.05, 4.69) is 19.2 Å². The minimum absolute atomic E-state index is 0. The van der Waals surface area contributed by atoms with Gasteiger partial charge >= 0.3 is 0 Å². The summed E-state index contributed by atoms with van der Waals surface area (Å²) < 4.78 is 0. The molecule has 1 atom stereocenters. The molecule has 1 amide bonds. The quantitative estimate of drug-likeness (QED) is 0.707. The first-order valence-electron chi connectivity index (χ1n) is 5.41. The molecule has 0 saturated heterocycles. The molecule has 0 aromatic carbocycles. The van der Waals surface area contributed by atoms with E-state index in [1.165, 1.54) is 19.3 Å². The minimum atomic E-state index is 0. The van der Waals surface area contributed by atoms with Crippen molar-refractivity contribution in [2.45, 2.75) is 53.9 Å². The van der Waals surface area contributed by atoms with E-state index in [0.29, 0.717) is 5.92 Å². The first-order chi connectivity index (χ1) is 6.16. The molecule has 0 bridgehead atoms. The van der Waals surface area contributed by atoms with E-state index < -0.39 is 0 Å². The number of carbonyl (C=O) groups is 1. The van der Waals surface area contributed by atoms with Gasteiger partial charge in [0, 0.05) is 14.9 Å². The van der Waals surface area contributed by atoms with Crippen molar-refractivity contribution in [3.05, 3.63) is 0 Å². The average Bonchev–Trinajstić information content (AvgIpc) is 2.14. The summed E-state index contributed by atoms with van der Waals surface area (Å²) in [4.78, 5) is 10.5. The number of hydrogen-bond donors (Lipinski definition) is 1. The highest BCUT2D eigenvalue weighted by Crippen LogP contribution is 2.05. The van der Waals surface area contributed by atoms with Crippen molar-refractivity contribution in [2.24, 2.45) is 5.92 Å². The molecule has 1 N–H and O–H groups in total. The molecule has 0 aliphatic rings. The lowest BCUT2D eigenvalue weighted by atomic mass is 10.0. The molecular formula is C11H27NO. The smallest absolute Gasteiger partial charge is 0.216 e. The Hall–Kier alpha value is -0.530. The van der Waals surface area contributed by atoms with Gasteiger partial charge in [0.25, 0.3) is 0 Å². The zero-order valence-electron chi connectivity index (χ0n) is 9.81. The predicted octanol–water partition coefficient (Wildman–Crippen LogP) is 3.22. The molecular weight excluding hydrogens is 162 g/mol. The number of carbonyl (C=O) groups excluding carboxylic acids is 1. The molecule has 0 aliphatic carbocycles. The lowest BCUT2D eigenvalue weighted by molar-refractivity contribution is -0.119. The second-order valence-electron chi connectivity index (χ2n) is 3.18. The maximum absolute atomic E-state index is 10.5. The fraction of sp³-hybridized carbons (Fsp3) is 0.909. The molecule has 0 saturated carbocycles. The highest BCUT2D eigenvalue weighted by atomic mass is 16.1. The van der Waals surface area contributed by atoms with Gasteiger partial charge < -0.3 is 5.32 Å². The minimum Gasteiger partial charge on any atom is -0.356 e. The third-order valence-electron chi connectivity index (χ3n) is 1.75. The third kappa shape index (κ3) is 14.3. The summed E-state index contributed by atoms with van der Waals surface area (Å²) in [6, 6.07) is 0. The van der Waals surface area contributed by atoms with Gasteiger partial charge in [-0.2, -0.15) is 0 Å². The largest absolute Gasteiger partial charge is 0.356 e. The van der Waals surface area contributed by atoms with Gasteiger partial charge in [-0.25, -0.2) is 0 Å². The van der Waals surface area contributed by atoms with Crippen molar-refractivity contribution in [3.8, 4) is 0 Å². The predicted molar refractivity (Wildman–Crippen MR) is 60.8 cm³/mol. The summed E-state index contributed by atoms with van der Waals surface area (Å²) in [6.45, 7) is 10.7. The molecule has 13 heavy (non-hydrogen) atoms. The van der Waals surface area contributed by atoms with E-state index in [1.807, 2.05) is 13.8 Å². The van der Waals surface area contributed by atoms with Crippen LogP contribution in [0.1, 0.15) is 55.3 Å². The van der Waals surface area contributed by atoms with Crippen LogP contribution in [-0.4, -0.2) is 12.5 Å². The van der Waals surface area contributed by atoms with Crippen molar-refractivity contribution in [1.82, 2.24) is 5.32 Å². The molecule has 0 aromatic heterocycles. The topological polar surface area (TPSA) is 29.1 Å². The van der Waals surface area contributed by atoms with E-state index in [9.17, 15) is 4.79 Å². The Morgan fingerprint density at radius 2 is 2.00 bits per heavy atom. The van der Waals surface area contributed by atoms with Gasteiger partial charge in [0.1, 0.15) is 0 Å². The van der Waals surface area contributed by atoms with Crippen LogP contribution in [0.25, 0.3) is 0 Å². The fourth-order valence-corrected chi connectivity index (χ4v) is 0.973. The van der Waals surface area contributed by atoms with Crippen LogP contribution >= 0.6 is 0 Å². The summed E-state index contributed by atoms with van der Waals surface area (Å²) in [5, 5.41) is 2.82. The van der Waals surface area contributed by atoms with E-state index in [-0.39, 0.29) is 7.33 Å². The van der Waals surface area contributed by atoms with Gasteiger partial charge in [0.15, 0.2) is 0 Å². The Morgan fingerprint density at radius 3 is 2.38 bits per heavy atom. The van der Waals surface area contributed by atoms with Gasteiger partial charge in [0.2, 0.25) is 5.91 Å². The Balaban J connectivity index is -0.000000376. The Kier molecular flexibility index (Phi) is 13.2. The Morgan fingerprint density at radius 1 is 1.46 bits per heavy atom. The molecule has 0 unspecified atom stereocenters. The van der Waals surface area contributed by atoms with Crippen LogP contribution in [0.5, 0.6) is 0 Å². The average molecular weight is 189 g/mol. The van der Waals surface area contributed by atoms with Gasteiger partial charge in [-0.15, -0.1) is 0 Å². The van der Waals surface area contributed by atoms with Crippen molar-refractivity contribution >= 4 is 5.91 Å². The van der Waals surface area contributed by atoms with Crippen molar-refractivity contribution < 1.29 is 6.22 Å². The van der Waals surface area contributed by atoms with E-state index in [0.717, 1.165) is 6.54 Å². The monoisotopic (exact) mass is 189 g/mol. The normalized spacial score (nSPS) is 11.2. The first kappa shape index (κ1) is 15.0. The maximum atomic E-state index is 10.5. The van der Waals surface area contributed by atoms with Gasteiger partial charge in [-0.05, 0) is 12.3 Å². The van der Waals surface area contributed by atoms with Gasteiger partial charge in [0.05, 0.1) is 0 Å². The summed E-state index contributed by atoms with van der Waals surface area (Å²) >= 11 is 0. The highest BCUT2D eigenvalue weighted by Gasteiger charge is 2.00. The van der Waals surface area contributed by atoms with Crippen LogP contribution in [0.15, 0.2) is 0 Å². The van der Waals surface area contributed by atoms with Crippen molar-refractivity contribution in [3.63, 3.8) is 0 Å². The second-order valence-corrected chi connectivity index (χ2v) is 3.18. The molecule has 0 heterocycles. The van der Waals surface area contributed by atoms with E-state index in [4.69, 9.17) is 0 Å². The third-order valence-corrected chi connectivity index (χ3v) is 1.75. The van der Waals surface area contributed by atoms with Crippen LogP contribution in [0.2, 0.25) is 0 Å². The number of rotatable bonds is 5. The standard InChI is InChI=1S/C9H19NO.C2H6.H2/c1-4-5-6-8(2)7-10-9(3)11;1-2;/h8H,4-7H2,1-3H3,(H,10,11);1-2H3;1H/t8-;;/m0../s1. The molecule has 0 rings (SSSR count). The number of amides is 1. The highest BCUT2D eigenvalue weighted by molar-refractivity contribution is 5.72. The number of nitrogens with one attached hydrogen (secondary N) is 1. The second kappa shape index (κ2) is 11.5. The zero-order valence-corrected chi connectivity index (χ0v) is 9.81. The Labute approximate surface area is 84.6 Å². The summed E-state index contributed by atoms with van der Waals surface area (Å²) in [6.07, 6.45) is 3.72. The summed E-state index contributed by atoms with van der Waals surface area (Å²) in [7, 11) is 0. The molecule has 0 radical (unpaired) electrons. The lowest BCUT2D eigenvalue weighted by Crippen LogP contribution is -2.25. The molecule has 0 fully saturated rings. The fourth-order valence-electron chi connectivity index (χ4n) is 0.973. The number of hydrogen-bond acceptors (Lipinski definition) is 1. The molecule has 2 nitrogen and oxygen atoms in total. The molecule has 0 spiro atoms. The van der Waals surface area contributed by atoms with Crippen LogP contribution in [0.3, 0.4) is 0 Å². The SMILES string of the molecule is CC.CCCC[C@H](C)CNC(C)=O.[HH]. The Bertz CT molecular complexity index is 118. The molecule has 82 valence electrons. The first-order valence-corrected chi connectivity index (χ1v) is 5.41. The molecule has 0 aromatic rings. The maximum Gasteiger partial charge on any atom is 0.216 e. The van der Waals surface area contributed by atoms with Crippen LogP contribution in [0, 0.1) is 5.92 Å². The summed E-state index contributed by atoms with van der Waals surface area (Å²) in [5.41, 5.74) is 0. The summed E-state index contributed by atoms with van der Waals surface area (Å²) in [5.74, 6) is 0.701. The van der Waals surface area contributed by atoms with Crippen molar-refractivity contribution in [1.29, 1.82) is 0 Å². The zero-order chi connectivity index (χ0) is 10.7.